The third kappa shape index (κ3) is 2.93. The molecule has 0 radical (unpaired) electrons. The molecule has 1 N–H and O–H groups in total. The summed E-state index contributed by atoms with van der Waals surface area (Å²) >= 11 is 5.92. The van der Waals surface area contributed by atoms with Gasteiger partial charge in [0.2, 0.25) is 0 Å². The molecule has 0 aliphatic heterocycles. The maximum atomic E-state index is 12.1. The second-order valence-electron chi connectivity index (χ2n) is 4.08. The van der Waals surface area contributed by atoms with Gasteiger partial charge in [-0.15, -0.1) is 0 Å². The first kappa shape index (κ1) is 13.1. The average Bonchev–Trinajstić information content (AvgIpc) is 2.42. The molecule has 0 spiro atoms. The molecule has 0 saturated heterocycles. The molecule has 0 atom stereocenters. The number of halogens is 1. The van der Waals surface area contributed by atoms with Crippen LogP contribution in [0.3, 0.4) is 0 Å². The summed E-state index contributed by atoms with van der Waals surface area (Å²) in [7, 11) is 0. The summed E-state index contributed by atoms with van der Waals surface area (Å²) in [6, 6.07) is 14.0. The van der Waals surface area contributed by atoms with Crippen LogP contribution < -0.4 is 5.32 Å². The molecule has 2 rings (SSSR count). The molecule has 3 nitrogen and oxygen atoms in total. The Labute approximate surface area is 116 Å². The lowest BCUT2D eigenvalue weighted by atomic mass is 10.1. The summed E-state index contributed by atoms with van der Waals surface area (Å²) in [5.74, 6) is -0.262. The maximum absolute atomic E-state index is 12.1. The van der Waals surface area contributed by atoms with Crippen LogP contribution in [0.5, 0.6) is 0 Å². The Balaban J connectivity index is 2.26. The number of carbonyl (C=O) groups excluding carboxylic acids is 1. The molecule has 0 unspecified atom stereocenters. The third-order valence-corrected chi connectivity index (χ3v) is 3.14. The van der Waals surface area contributed by atoms with E-state index in [1.165, 1.54) is 0 Å². The van der Waals surface area contributed by atoms with Crippen molar-refractivity contribution in [2.75, 3.05) is 5.32 Å². The van der Waals surface area contributed by atoms with E-state index in [-0.39, 0.29) is 5.91 Å². The Morgan fingerprint density at radius 3 is 2.68 bits per heavy atom. The van der Waals surface area contributed by atoms with E-state index in [0.29, 0.717) is 21.8 Å². The number of hydrogen-bond acceptors (Lipinski definition) is 2. The minimum Gasteiger partial charge on any atom is -0.321 e. The van der Waals surface area contributed by atoms with Gasteiger partial charge in [0, 0.05) is 10.6 Å². The second-order valence-corrected chi connectivity index (χ2v) is 4.48. The summed E-state index contributed by atoms with van der Waals surface area (Å²) in [6.45, 7) is 1.84. The fourth-order valence-electron chi connectivity index (χ4n) is 1.67. The summed E-state index contributed by atoms with van der Waals surface area (Å²) in [6.07, 6.45) is 0. The lowest BCUT2D eigenvalue weighted by Gasteiger charge is -2.07. The molecule has 0 aliphatic carbocycles. The van der Waals surface area contributed by atoms with Crippen LogP contribution >= 0.6 is 11.6 Å². The van der Waals surface area contributed by atoms with Gasteiger partial charge < -0.3 is 5.32 Å². The summed E-state index contributed by atoms with van der Waals surface area (Å²) < 4.78 is 0. The van der Waals surface area contributed by atoms with E-state index < -0.39 is 0 Å². The van der Waals surface area contributed by atoms with Crippen LogP contribution in [-0.4, -0.2) is 5.91 Å². The van der Waals surface area contributed by atoms with Crippen molar-refractivity contribution >= 4 is 23.2 Å². The monoisotopic (exact) mass is 270 g/mol. The summed E-state index contributed by atoms with van der Waals surface area (Å²) in [5.41, 5.74) is 2.28. The van der Waals surface area contributed by atoms with Crippen molar-refractivity contribution in [2.24, 2.45) is 0 Å². The molecular formula is C15H11ClN2O. The van der Waals surface area contributed by atoms with Gasteiger partial charge in [-0.3, -0.25) is 4.79 Å². The molecule has 2 aromatic rings. The van der Waals surface area contributed by atoms with Gasteiger partial charge in [0.15, 0.2) is 0 Å². The van der Waals surface area contributed by atoms with Crippen LogP contribution in [0.2, 0.25) is 5.02 Å². The molecule has 1 amide bonds. The molecular weight excluding hydrogens is 260 g/mol. The highest BCUT2D eigenvalue weighted by molar-refractivity contribution is 6.31. The minimum absolute atomic E-state index is 0.262. The predicted octanol–water partition coefficient (Wildman–Crippen LogP) is 3.77. The Hall–Kier alpha value is -2.31. The molecule has 19 heavy (non-hydrogen) atoms. The topological polar surface area (TPSA) is 52.9 Å². The number of amides is 1. The molecule has 4 heteroatoms. The standard InChI is InChI=1S/C15H11ClN2O/c1-10-8-11(6-7-13(10)16)15(19)18-14-5-3-2-4-12(14)9-17/h2-8H,1H3,(H,18,19). The Kier molecular flexibility index (Phi) is 3.84. The number of anilines is 1. The number of hydrogen-bond donors (Lipinski definition) is 1. The summed E-state index contributed by atoms with van der Waals surface area (Å²) in [4.78, 5) is 12.1. The highest BCUT2D eigenvalue weighted by Gasteiger charge is 2.09. The van der Waals surface area contributed by atoms with E-state index >= 15 is 0 Å². The third-order valence-electron chi connectivity index (χ3n) is 2.72. The highest BCUT2D eigenvalue weighted by Crippen LogP contribution is 2.19. The van der Waals surface area contributed by atoms with Crippen molar-refractivity contribution in [1.29, 1.82) is 5.26 Å². The second kappa shape index (κ2) is 5.55. The number of rotatable bonds is 2. The van der Waals surface area contributed by atoms with E-state index in [1.807, 2.05) is 13.0 Å². The van der Waals surface area contributed by atoms with Gasteiger partial charge in [0.05, 0.1) is 11.3 Å². The molecule has 0 aliphatic rings. The van der Waals surface area contributed by atoms with Crippen LogP contribution in [0.1, 0.15) is 21.5 Å². The first-order valence-corrected chi connectivity index (χ1v) is 6.06. The summed E-state index contributed by atoms with van der Waals surface area (Å²) in [5, 5.41) is 12.3. The number of benzene rings is 2. The number of nitrogens with zero attached hydrogens (tertiary/aromatic N) is 1. The lowest BCUT2D eigenvalue weighted by molar-refractivity contribution is 0.102. The fraction of sp³-hybridized carbons (Fsp3) is 0.0667. The van der Waals surface area contributed by atoms with Crippen LogP contribution in [-0.2, 0) is 0 Å². The van der Waals surface area contributed by atoms with Gasteiger partial charge in [-0.2, -0.15) is 5.26 Å². The predicted molar refractivity (Wildman–Crippen MR) is 75.3 cm³/mol. The van der Waals surface area contributed by atoms with Gasteiger partial charge in [0.1, 0.15) is 6.07 Å². The van der Waals surface area contributed by atoms with Crippen LogP contribution in [0.4, 0.5) is 5.69 Å². The van der Waals surface area contributed by atoms with E-state index in [2.05, 4.69) is 5.32 Å². The Morgan fingerprint density at radius 2 is 2.00 bits per heavy atom. The molecule has 2 aromatic carbocycles. The number of aryl methyl sites for hydroxylation is 1. The number of carbonyl (C=O) groups is 1. The smallest absolute Gasteiger partial charge is 0.255 e. The number of para-hydroxylation sites is 1. The zero-order valence-electron chi connectivity index (χ0n) is 10.3. The van der Waals surface area contributed by atoms with E-state index in [9.17, 15) is 4.79 Å². The van der Waals surface area contributed by atoms with Crippen molar-refractivity contribution < 1.29 is 4.79 Å². The highest BCUT2D eigenvalue weighted by atomic mass is 35.5. The first-order valence-electron chi connectivity index (χ1n) is 5.68. The molecule has 0 heterocycles. The molecule has 0 saturated carbocycles. The van der Waals surface area contributed by atoms with Crippen molar-refractivity contribution in [3.05, 3.63) is 64.2 Å². The van der Waals surface area contributed by atoms with Crippen molar-refractivity contribution in [1.82, 2.24) is 0 Å². The zero-order valence-corrected chi connectivity index (χ0v) is 11.0. The molecule has 94 valence electrons. The van der Waals surface area contributed by atoms with Crippen LogP contribution in [0, 0.1) is 18.3 Å². The van der Waals surface area contributed by atoms with Gasteiger partial charge in [-0.1, -0.05) is 23.7 Å². The number of nitrogens with one attached hydrogen (secondary N) is 1. The number of nitriles is 1. The van der Waals surface area contributed by atoms with Gasteiger partial charge >= 0.3 is 0 Å². The van der Waals surface area contributed by atoms with E-state index in [4.69, 9.17) is 16.9 Å². The van der Waals surface area contributed by atoms with Crippen molar-refractivity contribution in [3.63, 3.8) is 0 Å². The van der Waals surface area contributed by atoms with Gasteiger partial charge in [-0.05, 0) is 42.8 Å². The largest absolute Gasteiger partial charge is 0.321 e. The normalized spacial score (nSPS) is 9.74. The molecule has 0 aromatic heterocycles. The van der Waals surface area contributed by atoms with Crippen molar-refractivity contribution in [3.8, 4) is 6.07 Å². The molecule has 0 fully saturated rings. The molecule has 0 bridgehead atoms. The Bertz CT molecular complexity index is 674. The minimum atomic E-state index is -0.262. The lowest BCUT2D eigenvalue weighted by Crippen LogP contribution is -2.13. The maximum Gasteiger partial charge on any atom is 0.255 e. The van der Waals surface area contributed by atoms with E-state index in [1.54, 1.807) is 42.5 Å². The quantitative estimate of drug-likeness (QED) is 0.903. The van der Waals surface area contributed by atoms with Crippen LogP contribution in [0.15, 0.2) is 42.5 Å². The average molecular weight is 271 g/mol. The van der Waals surface area contributed by atoms with Gasteiger partial charge in [-0.25, -0.2) is 0 Å². The van der Waals surface area contributed by atoms with E-state index in [0.717, 1.165) is 5.56 Å². The first-order chi connectivity index (χ1) is 9.11. The van der Waals surface area contributed by atoms with Crippen LogP contribution in [0.25, 0.3) is 0 Å². The zero-order chi connectivity index (χ0) is 13.8. The Morgan fingerprint density at radius 1 is 1.26 bits per heavy atom. The van der Waals surface area contributed by atoms with Crippen molar-refractivity contribution in [2.45, 2.75) is 6.92 Å². The van der Waals surface area contributed by atoms with Gasteiger partial charge in [0.25, 0.3) is 5.91 Å². The SMILES string of the molecule is Cc1cc(C(=O)Nc2ccccc2C#N)ccc1Cl. The fourth-order valence-corrected chi connectivity index (χ4v) is 1.79.